The lowest BCUT2D eigenvalue weighted by molar-refractivity contribution is 0.0963. The topological polar surface area (TPSA) is 32.3 Å². The third-order valence-electron chi connectivity index (χ3n) is 4.43. The van der Waals surface area contributed by atoms with E-state index in [2.05, 4.69) is 51.3 Å². The van der Waals surface area contributed by atoms with Gasteiger partial charge in [-0.1, -0.05) is 28.1 Å². The van der Waals surface area contributed by atoms with Crippen LogP contribution < -0.4 is 5.32 Å². The third kappa shape index (κ3) is 3.65. The van der Waals surface area contributed by atoms with Crippen molar-refractivity contribution in [3.63, 3.8) is 0 Å². The lowest BCUT2D eigenvalue weighted by Gasteiger charge is -2.30. The molecule has 0 saturated heterocycles. The van der Waals surface area contributed by atoms with Crippen LogP contribution in [-0.4, -0.2) is 24.4 Å². The van der Waals surface area contributed by atoms with Crippen molar-refractivity contribution >= 4 is 21.8 Å². The summed E-state index contributed by atoms with van der Waals surface area (Å²) in [6.07, 6.45) is 1.07. The number of hydrogen-bond acceptors (Lipinski definition) is 2. The molecular formula is C19H21BrN2O. The van der Waals surface area contributed by atoms with Gasteiger partial charge in [0.15, 0.2) is 0 Å². The summed E-state index contributed by atoms with van der Waals surface area (Å²) in [5.41, 5.74) is 6.15. The fourth-order valence-corrected chi connectivity index (χ4v) is 3.84. The fraction of sp³-hybridized carbons (Fsp3) is 0.316. The molecule has 1 aliphatic rings. The Kier molecular flexibility index (Phi) is 4.83. The number of benzene rings is 2. The molecule has 3 rings (SSSR count). The Morgan fingerprint density at radius 2 is 2.13 bits per heavy atom. The van der Waals surface area contributed by atoms with Crippen LogP contribution in [0.15, 0.2) is 40.9 Å². The Hall–Kier alpha value is -1.65. The van der Waals surface area contributed by atoms with Gasteiger partial charge in [-0.2, -0.15) is 0 Å². The number of amides is 1. The maximum atomic E-state index is 11.8. The SMILES string of the molecule is CNC(=O)c1cccc(CN2CCc3cc(Br)cc(C)c3C2)c1. The number of halogens is 1. The van der Waals surface area contributed by atoms with Gasteiger partial charge in [0.2, 0.25) is 0 Å². The largest absolute Gasteiger partial charge is 0.355 e. The van der Waals surface area contributed by atoms with Gasteiger partial charge in [-0.05, 0) is 59.9 Å². The van der Waals surface area contributed by atoms with E-state index in [-0.39, 0.29) is 5.91 Å². The van der Waals surface area contributed by atoms with E-state index in [1.807, 2.05) is 18.2 Å². The average Bonchev–Trinajstić information content (AvgIpc) is 2.55. The van der Waals surface area contributed by atoms with Gasteiger partial charge in [-0.25, -0.2) is 0 Å². The highest BCUT2D eigenvalue weighted by atomic mass is 79.9. The fourth-order valence-electron chi connectivity index (χ4n) is 3.22. The minimum absolute atomic E-state index is 0.0310. The van der Waals surface area contributed by atoms with Crippen LogP contribution in [0.1, 0.15) is 32.6 Å². The summed E-state index contributed by atoms with van der Waals surface area (Å²) < 4.78 is 1.17. The summed E-state index contributed by atoms with van der Waals surface area (Å²) in [4.78, 5) is 14.2. The second kappa shape index (κ2) is 6.85. The number of carbonyl (C=O) groups is 1. The Labute approximate surface area is 145 Å². The first-order valence-corrected chi connectivity index (χ1v) is 8.67. The molecule has 0 unspecified atom stereocenters. The first-order valence-electron chi connectivity index (χ1n) is 7.88. The van der Waals surface area contributed by atoms with Crippen LogP contribution >= 0.6 is 15.9 Å². The molecule has 1 heterocycles. The predicted molar refractivity (Wildman–Crippen MR) is 96.5 cm³/mol. The summed E-state index contributed by atoms with van der Waals surface area (Å²) in [6.45, 7) is 5.07. The van der Waals surface area contributed by atoms with Crippen LogP contribution in [0.5, 0.6) is 0 Å². The van der Waals surface area contributed by atoms with Crippen molar-refractivity contribution in [2.24, 2.45) is 0 Å². The average molecular weight is 373 g/mol. The van der Waals surface area contributed by atoms with Gasteiger partial charge in [0.05, 0.1) is 0 Å². The zero-order valence-corrected chi connectivity index (χ0v) is 15.1. The molecular weight excluding hydrogens is 352 g/mol. The van der Waals surface area contributed by atoms with Crippen LogP contribution in [-0.2, 0) is 19.5 Å². The number of nitrogens with zero attached hydrogens (tertiary/aromatic N) is 1. The Bertz CT molecular complexity index is 742. The molecule has 23 heavy (non-hydrogen) atoms. The number of hydrogen-bond donors (Lipinski definition) is 1. The maximum absolute atomic E-state index is 11.8. The molecule has 4 heteroatoms. The van der Waals surface area contributed by atoms with Crippen LogP contribution in [0, 0.1) is 6.92 Å². The standard InChI is InChI=1S/C19H21BrN2O/c1-13-8-17(20)10-15-6-7-22(12-18(13)15)11-14-4-3-5-16(9-14)19(23)21-2/h3-5,8-10H,6-7,11-12H2,1-2H3,(H,21,23). The maximum Gasteiger partial charge on any atom is 0.251 e. The van der Waals surface area contributed by atoms with E-state index in [0.717, 1.165) is 31.6 Å². The van der Waals surface area contributed by atoms with Crippen molar-refractivity contribution in [2.45, 2.75) is 26.4 Å². The molecule has 0 aliphatic carbocycles. The van der Waals surface area contributed by atoms with Gasteiger partial charge in [-0.15, -0.1) is 0 Å². The van der Waals surface area contributed by atoms with Gasteiger partial charge < -0.3 is 5.32 Å². The smallest absolute Gasteiger partial charge is 0.251 e. The second-order valence-corrected chi connectivity index (χ2v) is 7.02. The quantitative estimate of drug-likeness (QED) is 0.891. The highest BCUT2D eigenvalue weighted by Crippen LogP contribution is 2.27. The number of rotatable bonds is 3. The number of carbonyl (C=O) groups excluding carboxylic acids is 1. The van der Waals surface area contributed by atoms with E-state index >= 15 is 0 Å². The van der Waals surface area contributed by atoms with Crippen molar-refractivity contribution in [2.75, 3.05) is 13.6 Å². The highest BCUT2D eigenvalue weighted by molar-refractivity contribution is 9.10. The predicted octanol–water partition coefficient (Wildman–Crippen LogP) is 3.68. The molecule has 3 nitrogen and oxygen atoms in total. The summed E-state index contributed by atoms with van der Waals surface area (Å²) in [7, 11) is 1.66. The molecule has 1 aliphatic heterocycles. The molecule has 2 aromatic rings. The zero-order chi connectivity index (χ0) is 16.4. The Morgan fingerprint density at radius 1 is 1.30 bits per heavy atom. The molecule has 0 spiro atoms. The molecule has 0 radical (unpaired) electrons. The van der Waals surface area contributed by atoms with Crippen LogP contribution in [0.2, 0.25) is 0 Å². The summed E-state index contributed by atoms with van der Waals surface area (Å²) >= 11 is 3.59. The van der Waals surface area contributed by atoms with Crippen molar-refractivity contribution in [1.29, 1.82) is 0 Å². The summed E-state index contributed by atoms with van der Waals surface area (Å²) in [5, 5.41) is 2.68. The lowest BCUT2D eigenvalue weighted by atomic mass is 9.95. The Balaban J connectivity index is 1.76. The molecule has 120 valence electrons. The van der Waals surface area contributed by atoms with Crippen LogP contribution in [0.4, 0.5) is 0 Å². The number of aryl methyl sites for hydroxylation is 1. The van der Waals surface area contributed by atoms with Crippen molar-refractivity contribution in [3.8, 4) is 0 Å². The summed E-state index contributed by atoms with van der Waals surface area (Å²) in [6, 6.07) is 12.3. The van der Waals surface area contributed by atoms with Gasteiger partial charge in [0.1, 0.15) is 0 Å². The lowest BCUT2D eigenvalue weighted by Crippen LogP contribution is -2.30. The van der Waals surface area contributed by atoms with E-state index < -0.39 is 0 Å². The van der Waals surface area contributed by atoms with E-state index in [9.17, 15) is 4.79 Å². The van der Waals surface area contributed by atoms with Crippen molar-refractivity contribution < 1.29 is 4.79 Å². The minimum Gasteiger partial charge on any atom is -0.355 e. The molecule has 0 atom stereocenters. The minimum atomic E-state index is -0.0310. The van der Waals surface area contributed by atoms with Gasteiger partial charge in [0.25, 0.3) is 5.91 Å². The monoisotopic (exact) mass is 372 g/mol. The van der Waals surface area contributed by atoms with Gasteiger partial charge in [-0.3, -0.25) is 9.69 Å². The zero-order valence-electron chi connectivity index (χ0n) is 13.5. The van der Waals surface area contributed by atoms with Crippen molar-refractivity contribution in [1.82, 2.24) is 10.2 Å². The van der Waals surface area contributed by atoms with E-state index in [1.165, 1.54) is 26.7 Å². The molecule has 1 amide bonds. The molecule has 1 N–H and O–H groups in total. The first kappa shape index (κ1) is 16.2. The number of fused-ring (bicyclic) bond motifs is 1. The van der Waals surface area contributed by atoms with Gasteiger partial charge >= 0.3 is 0 Å². The first-order chi connectivity index (χ1) is 11.1. The van der Waals surface area contributed by atoms with E-state index in [1.54, 1.807) is 7.05 Å². The normalized spacial score (nSPS) is 14.4. The molecule has 0 saturated carbocycles. The molecule has 2 aromatic carbocycles. The van der Waals surface area contributed by atoms with Gasteiger partial charge in [0, 0.05) is 36.7 Å². The van der Waals surface area contributed by atoms with Crippen LogP contribution in [0.3, 0.4) is 0 Å². The highest BCUT2D eigenvalue weighted by Gasteiger charge is 2.18. The Morgan fingerprint density at radius 3 is 2.91 bits per heavy atom. The number of nitrogens with one attached hydrogen (secondary N) is 1. The van der Waals surface area contributed by atoms with Crippen LogP contribution in [0.25, 0.3) is 0 Å². The molecule has 0 aromatic heterocycles. The second-order valence-electron chi connectivity index (χ2n) is 6.10. The van der Waals surface area contributed by atoms with E-state index in [0.29, 0.717) is 0 Å². The van der Waals surface area contributed by atoms with E-state index in [4.69, 9.17) is 0 Å². The molecule has 0 bridgehead atoms. The summed E-state index contributed by atoms with van der Waals surface area (Å²) in [5.74, 6) is -0.0310. The van der Waals surface area contributed by atoms with Crippen molar-refractivity contribution in [3.05, 3.63) is 68.7 Å². The third-order valence-corrected chi connectivity index (χ3v) is 4.89. The molecule has 0 fully saturated rings.